The molecule has 4 amide bonds. The number of aromatic amines is 1. The molecule has 11 nitrogen and oxygen atoms in total. The summed E-state index contributed by atoms with van der Waals surface area (Å²) in [6.45, 7) is 1.40. The first-order chi connectivity index (χ1) is 25.8. The third-order valence-corrected chi connectivity index (χ3v) is 10.9. The Balaban J connectivity index is 1.09. The Hall–Kier alpha value is -5.55. The molecular weight excluding hydrogens is 690 g/mol. The van der Waals surface area contributed by atoms with Crippen LogP contribution in [0.5, 0.6) is 0 Å². The molecule has 272 valence electrons. The van der Waals surface area contributed by atoms with Crippen LogP contribution in [0.3, 0.4) is 0 Å². The summed E-state index contributed by atoms with van der Waals surface area (Å²) in [6.07, 6.45) is 8.83. The van der Waals surface area contributed by atoms with Crippen LogP contribution in [0.1, 0.15) is 34.3 Å². The van der Waals surface area contributed by atoms with E-state index in [1.165, 1.54) is 6.33 Å². The molecule has 2 saturated heterocycles. The lowest BCUT2D eigenvalue weighted by atomic mass is 9.79. The van der Waals surface area contributed by atoms with Crippen molar-refractivity contribution in [3.05, 3.63) is 119 Å². The second-order valence-electron chi connectivity index (χ2n) is 14.0. The van der Waals surface area contributed by atoms with Gasteiger partial charge in [0.1, 0.15) is 12.4 Å². The van der Waals surface area contributed by atoms with Crippen molar-refractivity contribution in [3.8, 4) is 11.1 Å². The summed E-state index contributed by atoms with van der Waals surface area (Å²) in [5.41, 5.74) is 5.14. The van der Waals surface area contributed by atoms with Gasteiger partial charge in [0, 0.05) is 78.9 Å². The van der Waals surface area contributed by atoms with Crippen molar-refractivity contribution in [1.29, 1.82) is 0 Å². The molecule has 53 heavy (non-hydrogen) atoms. The number of nitrogens with one attached hydrogen (secondary N) is 3. The molecule has 3 N–H and O–H groups in total. The van der Waals surface area contributed by atoms with Gasteiger partial charge < -0.3 is 25.4 Å². The van der Waals surface area contributed by atoms with E-state index in [4.69, 9.17) is 11.6 Å². The number of aryl methyl sites for hydroxylation is 1. The van der Waals surface area contributed by atoms with E-state index in [-0.39, 0.29) is 48.4 Å². The molecule has 0 radical (unpaired) electrons. The second kappa shape index (κ2) is 16.0. The van der Waals surface area contributed by atoms with E-state index in [1.54, 1.807) is 47.4 Å². The summed E-state index contributed by atoms with van der Waals surface area (Å²) in [5, 5.41) is 7.27. The van der Waals surface area contributed by atoms with Crippen molar-refractivity contribution in [2.24, 2.45) is 17.8 Å². The Morgan fingerprint density at radius 2 is 1.66 bits per heavy atom. The molecule has 2 aromatic heterocycles. The number of H-pyrrole nitrogens is 1. The zero-order chi connectivity index (χ0) is 36.9. The van der Waals surface area contributed by atoms with Crippen LogP contribution in [0.4, 0.5) is 0 Å². The van der Waals surface area contributed by atoms with Gasteiger partial charge in [0.15, 0.2) is 0 Å². The van der Waals surface area contributed by atoms with Gasteiger partial charge in [-0.05, 0) is 72.1 Å². The molecule has 0 bridgehead atoms. The van der Waals surface area contributed by atoms with E-state index < -0.39 is 12.0 Å². The Morgan fingerprint density at radius 3 is 2.42 bits per heavy atom. The van der Waals surface area contributed by atoms with Crippen LogP contribution in [0.15, 0.2) is 97.7 Å². The predicted molar refractivity (Wildman–Crippen MR) is 203 cm³/mol. The molecule has 7 rings (SSSR count). The van der Waals surface area contributed by atoms with E-state index in [2.05, 4.69) is 25.6 Å². The Bertz CT molecular complexity index is 2090. The summed E-state index contributed by atoms with van der Waals surface area (Å²) >= 11 is 6.19. The minimum atomic E-state index is -0.730. The molecule has 5 aromatic rings. The first kappa shape index (κ1) is 35.8. The number of hydrogen-bond donors (Lipinski definition) is 3. The number of carbonyl (C=O) groups excluding carboxylic acids is 4. The highest BCUT2D eigenvalue weighted by atomic mass is 35.5. The minimum absolute atomic E-state index is 0.104. The predicted octanol–water partition coefficient (Wildman–Crippen LogP) is 4.92. The van der Waals surface area contributed by atoms with Gasteiger partial charge in [-0.3, -0.25) is 19.2 Å². The minimum Gasteiger partial charge on any atom is -0.361 e. The number of nitrogens with zero attached hydrogens (tertiary/aromatic N) is 4. The van der Waals surface area contributed by atoms with Gasteiger partial charge in [0.05, 0.1) is 12.3 Å². The molecule has 12 heteroatoms. The Labute approximate surface area is 313 Å². The summed E-state index contributed by atoms with van der Waals surface area (Å²) < 4.78 is 0. The van der Waals surface area contributed by atoms with Gasteiger partial charge in [-0.1, -0.05) is 60.1 Å². The summed E-state index contributed by atoms with van der Waals surface area (Å²) in [7, 11) is 1.56. The normalized spacial score (nSPS) is 18.7. The van der Waals surface area contributed by atoms with Crippen LogP contribution in [-0.4, -0.2) is 87.6 Å². The van der Waals surface area contributed by atoms with E-state index in [9.17, 15) is 19.2 Å². The van der Waals surface area contributed by atoms with Gasteiger partial charge in [-0.2, -0.15) is 0 Å². The summed E-state index contributed by atoms with van der Waals surface area (Å²) in [4.78, 5) is 70.1. The molecule has 0 spiro atoms. The topological polar surface area (TPSA) is 140 Å². The van der Waals surface area contributed by atoms with E-state index in [0.29, 0.717) is 43.1 Å². The van der Waals surface area contributed by atoms with Crippen LogP contribution >= 0.6 is 11.6 Å². The highest BCUT2D eigenvalue weighted by Gasteiger charge is 2.48. The first-order valence-corrected chi connectivity index (χ1v) is 18.4. The van der Waals surface area contributed by atoms with Crippen LogP contribution in [0.25, 0.3) is 22.0 Å². The lowest BCUT2D eigenvalue weighted by Crippen LogP contribution is -2.56. The van der Waals surface area contributed by atoms with Crippen molar-refractivity contribution in [2.75, 3.05) is 33.2 Å². The number of halogens is 1. The maximum absolute atomic E-state index is 14.3. The number of piperidine rings is 1. The van der Waals surface area contributed by atoms with Crippen LogP contribution in [0.2, 0.25) is 5.02 Å². The number of likely N-dealkylation sites (N-methyl/N-ethyl adjacent to an activating group) is 1. The van der Waals surface area contributed by atoms with Gasteiger partial charge in [0.2, 0.25) is 17.7 Å². The van der Waals surface area contributed by atoms with Crippen molar-refractivity contribution in [3.63, 3.8) is 0 Å². The zero-order valence-electron chi connectivity index (χ0n) is 29.5. The fourth-order valence-electron chi connectivity index (χ4n) is 7.81. The molecule has 2 aliphatic heterocycles. The highest BCUT2D eigenvalue weighted by Crippen LogP contribution is 2.37. The number of likely N-dealkylation sites (tertiary alicyclic amines) is 2. The number of carbonyl (C=O) groups is 4. The van der Waals surface area contributed by atoms with Gasteiger partial charge in [0.25, 0.3) is 5.91 Å². The molecule has 0 aliphatic carbocycles. The number of benzene rings is 3. The average Bonchev–Trinajstić information content (AvgIpc) is 3.81. The lowest BCUT2D eigenvalue weighted by Gasteiger charge is -2.40. The summed E-state index contributed by atoms with van der Waals surface area (Å²) in [5.74, 6) is -1.70. The standard InChI is InChI=1S/C41H42ClN7O4/c1-43-40(52)36(9-5-8-26-6-3-2-4-7-26)47-39(51)35-24-48(38(50)16-29-20-46-37-17-32(42)14-15-33(29)37)21-31-22-49(23-34(31)35)41(53)28-12-10-27(11-13-28)30-18-44-25-45-19-30/h2-4,6-7,10-15,17-20,25,31,34-36,46H,5,8-9,16,21-24H2,1H3,(H,43,52)(H,47,51)/t31?,34?,35?,36-/m0/s1. The zero-order valence-corrected chi connectivity index (χ0v) is 30.3. The third-order valence-electron chi connectivity index (χ3n) is 10.6. The van der Waals surface area contributed by atoms with Crippen molar-refractivity contribution >= 4 is 46.1 Å². The molecule has 0 saturated carbocycles. The fourth-order valence-corrected chi connectivity index (χ4v) is 7.99. The highest BCUT2D eigenvalue weighted by molar-refractivity contribution is 6.31. The van der Waals surface area contributed by atoms with E-state index >= 15 is 0 Å². The van der Waals surface area contributed by atoms with E-state index in [0.717, 1.165) is 39.6 Å². The number of rotatable bonds is 11. The van der Waals surface area contributed by atoms with Crippen LogP contribution in [-0.2, 0) is 27.2 Å². The Morgan fingerprint density at radius 1 is 0.906 bits per heavy atom. The lowest BCUT2D eigenvalue weighted by molar-refractivity contribution is -0.140. The summed E-state index contributed by atoms with van der Waals surface area (Å²) in [6, 6.07) is 22.2. The van der Waals surface area contributed by atoms with Crippen molar-refractivity contribution in [2.45, 2.75) is 31.7 Å². The van der Waals surface area contributed by atoms with Gasteiger partial charge >= 0.3 is 0 Å². The van der Waals surface area contributed by atoms with Crippen LogP contribution in [0, 0.1) is 17.8 Å². The molecular formula is C41H42ClN7O4. The molecule has 3 unspecified atom stereocenters. The van der Waals surface area contributed by atoms with Crippen LogP contribution < -0.4 is 10.6 Å². The molecule has 2 fully saturated rings. The fraction of sp³-hybridized carbons (Fsp3) is 0.317. The molecule has 4 atom stereocenters. The number of fused-ring (bicyclic) bond motifs is 2. The number of hydrogen-bond acceptors (Lipinski definition) is 6. The van der Waals surface area contributed by atoms with Gasteiger partial charge in [-0.25, -0.2) is 9.97 Å². The SMILES string of the molecule is CNC(=O)[C@H](CCCc1ccccc1)NC(=O)C1CN(C(=O)Cc2c[nH]c3cc(Cl)ccc23)CC2CN(C(=O)c3ccc(-c4cncnc4)cc3)CC21. The number of amides is 4. The second-order valence-corrected chi connectivity index (χ2v) is 14.4. The molecule has 3 aromatic carbocycles. The monoisotopic (exact) mass is 731 g/mol. The van der Waals surface area contributed by atoms with E-state index in [1.807, 2.05) is 60.8 Å². The average molecular weight is 732 g/mol. The Kier molecular flexibility index (Phi) is 10.8. The third kappa shape index (κ3) is 8.10. The maximum atomic E-state index is 14.3. The quantitative estimate of drug-likeness (QED) is 0.176. The van der Waals surface area contributed by atoms with Gasteiger partial charge in [-0.15, -0.1) is 0 Å². The van der Waals surface area contributed by atoms with Crippen molar-refractivity contribution < 1.29 is 19.2 Å². The number of aromatic nitrogens is 3. The smallest absolute Gasteiger partial charge is 0.253 e. The first-order valence-electron chi connectivity index (χ1n) is 18.0. The largest absolute Gasteiger partial charge is 0.361 e. The molecule has 2 aliphatic rings. The van der Waals surface area contributed by atoms with Crippen molar-refractivity contribution in [1.82, 2.24) is 35.4 Å². The molecule has 4 heterocycles. The maximum Gasteiger partial charge on any atom is 0.253 e.